The number of aliphatic imine (C=N–C) groups is 1. The summed E-state index contributed by atoms with van der Waals surface area (Å²) in [6, 6.07) is 0. The van der Waals surface area contributed by atoms with Crippen molar-refractivity contribution in [2.45, 2.75) is 27.2 Å². The third-order valence-corrected chi connectivity index (χ3v) is 2.82. The van der Waals surface area contributed by atoms with Crippen molar-refractivity contribution >= 4 is 5.71 Å². The predicted octanol–water partition coefficient (Wildman–Crippen LogP) is 3.26. The van der Waals surface area contributed by atoms with E-state index in [4.69, 9.17) is 0 Å². The minimum Gasteiger partial charge on any atom is -0.258 e. The molecular weight excluding hydrogens is 158 g/mol. The highest BCUT2D eigenvalue weighted by Crippen LogP contribution is 2.32. The molecule has 0 aromatic rings. The standard InChI is InChI=1S/C12H15N/c1-8-6-11-5-4-10(3)13-12(11)7-9(8)2/h4-5,7,11H,6H2,1-3H3. The van der Waals surface area contributed by atoms with Crippen LogP contribution in [0.2, 0.25) is 0 Å². The van der Waals surface area contributed by atoms with Crippen LogP contribution < -0.4 is 0 Å². The van der Waals surface area contributed by atoms with Gasteiger partial charge in [0.2, 0.25) is 0 Å². The maximum atomic E-state index is 4.55. The lowest BCUT2D eigenvalue weighted by atomic mass is 9.87. The van der Waals surface area contributed by atoms with Gasteiger partial charge in [-0.3, -0.25) is 4.99 Å². The van der Waals surface area contributed by atoms with Gasteiger partial charge in [-0.05, 0) is 39.3 Å². The molecule has 1 atom stereocenters. The van der Waals surface area contributed by atoms with Crippen molar-refractivity contribution in [3.05, 3.63) is 35.1 Å². The van der Waals surface area contributed by atoms with E-state index in [0.29, 0.717) is 5.92 Å². The van der Waals surface area contributed by atoms with Crippen LogP contribution in [0.15, 0.2) is 40.1 Å². The predicted molar refractivity (Wildman–Crippen MR) is 56.8 cm³/mol. The largest absolute Gasteiger partial charge is 0.258 e. The van der Waals surface area contributed by atoms with Crippen molar-refractivity contribution in [3.8, 4) is 0 Å². The molecule has 0 fully saturated rings. The molecule has 0 bridgehead atoms. The lowest BCUT2D eigenvalue weighted by Gasteiger charge is -2.23. The Hall–Kier alpha value is -1.11. The Labute approximate surface area is 79.6 Å². The Morgan fingerprint density at radius 1 is 1.31 bits per heavy atom. The summed E-state index contributed by atoms with van der Waals surface area (Å²) >= 11 is 0. The zero-order valence-corrected chi connectivity index (χ0v) is 8.46. The molecule has 1 heterocycles. The summed E-state index contributed by atoms with van der Waals surface area (Å²) in [5, 5.41) is 0. The molecule has 0 amide bonds. The minimum absolute atomic E-state index is 0.535. The zero-order valence-electron chi connectivity index (χ0n) is 8.46. The number of hydrogen-bond donors (Lipinski definition) is 0. The summed E-state index contributed by atoms with van der Waals surface area (Å²) in [4.78, 5) is 4.55. The lowest BCUT2D eigenvalue weighted by molar-refractivity contribution is 0.710. The monoisotopic (exact) mass is 173 g/mol. The van der Waals surface area contributed by atoms with Crippen LogP contribution in [0.5, 0.6) is 0 Å². The van der Waals surface area contributed by atoms with E-state index in [1.807, 2.05) is 6.92 Å². The van der Waals surface area contributed by atoms with E-state index in [0.717, 1.165) is 12.1 Å². The first-order valence-corrected chi connectivity index (χ1v) is 4.78. The normalized spacial score (nSPS) is 26.8. The van der Waals surface area contributed by atoms with Gasteiger partial charge in [0.05, 0.1) is 0 Å². The number of dihydropyridines is 1. The second kappa shape index (κ2) is 2.99. The third kappa shape index (κ3) is 1.51. The van der Waals surface area contributed by atoms with Gasteiger partial charge in [-0.25, -0.2) is 0 Å². The molecule has 2 rings (SSSR count). The van der Waals surface area contributed by atoms with Gasteiger partial charge in [0, 0.05) is 17.3 Å². The molecule has 0 saturated heterocycles. The quantitative estimate of drug-likeness (QED) is 0.533. The fraction of sp³-hybridized carbons (Fsp3) is 0.417. The Balaban J connectivity index is 2.39. The van der Waals surface area contributed by atoms with Crippen LogP contribution in [0.3, 0.4) is 0 Å². The second-order valence-electron chi connectivity index (χ2n) is 3.96. The molecule has 0 saturated carbocycles. The molecule has 1 aliphatic carbocycles. The number of fused-ring (bicyclic) bond motifs is 1. The minimum atomic E-state index is 0.535. The van der Waals surface area contributed by atoms with Gasteiger partial charge < -0.3 is 0 Å². The van der Waals surface area contributed by atoms with Crippen LogP contribution in [0, 0.1) is 5.92 Å². The molecule has 0 aromatic carbocycles. The van der Waals surface area contributed by atoms with Crippen LogP contribution >= 0.6 is 0 Å². The highest BCUT2D eigenvalue weighted by Gasteiger charge is 2.19. The smallest absolute Gasteiger partial charge is 0.0481 e. The SMILES string of the molecule is CC1=NC2=CC(C)=C(C)CC2C=C1. The fourth-order valence-electron chi connectivity index (χ4n) is 1.83. The molecule has 68 valence electrons. The Morgan fingerprint density at radius 3 is 2.85 bits per heavy atom. The highest BCUT2D eigenvalue weighted by atomic mass is 14.8. The van der Waals surface area contributed by atoms with Crippen molar-refractivity contribution in [1.82, 2.24) is 0 Å². The Morgan fingerprint density at radius 2 is 2.08 bits per heavy atom. The Kier molecular flexibility index (Phi) is 1.95. The number of nitrogens with zero attached hydrogens (tertiary/aromatic N) is 1. The molecule has 0 N–H and O–H groups in total. The first-order chi connectivity index (χ1) is 6.16. The number of allylic oxidation sites excluding steroid dienone is 5. The first kappa shape index (κ1) is 8.49. The van der Waals surface area contributed by atoms with Gasteiger partial charge in [0.1, 0.15) is 0 Å². The molecule has 1 heteroatoms. The van der Waals surface area contributed by atoms with E-state index in [1.54, 1.807) is 0 Å². The van der Waals surface area contributed by atoms with Crippen LogP contribution in [0.1, 0.15) is 27.2 Å². The summed E-state index contributed by atoms with van der Waals surface area (Å²) in [5.74, 6) is 0.535. The lowest BCUT2D eigenvalue weighted by Crippen LogP contribution is -2.11. The summed E-state index contributed by atoms with van der Waals surface area (Å²) in [7, 11) is 0. The van der Waals surface area contributed by atoms with E-state index < -0.39 is 0 Å². The fourth-order valence-corrected chi connectivity index (χ4v) is 1.83. The van der Waals surface area contributed by atoms with Crippen LogP contribution in [0.4, 0.5) is 0 Å². The van der Waals surface area contributed by atoms with Crippen LogP contribution in [0.25, 0.3) is 0 Å². The molecule has 1 nitrogen and oxygen atoms in total. The van der Waals surface area contributed by atoms with Gasteiger partial charge in [-0.1, -0.05) is 17.2 Å². The topological polar surface area (TPSA) is 12.4 Å². The number of rotatable bonds is 0. The van der Waals surface area contributed by atoms with Gasteiger partial charge >= 0.3 is 0 Å². The zero-order chi connectivity index (χ0) is 9.42. The van der Waals surface area contributed by atoms with Crippen LogP contribution in [-0.4, -0.2) is 5.71 Å². The maximum Gasteiger partial charge on any atom is 0.0481 e. The van der Waals surface area contributed by atoms with E-state index in [9.17, 15) is 0 Å². The van der Waals surface area contributed by atoms with E-state index in [-0.39, 0.29) is 0 Å². The van der Waals surface area contributed by atoms with Gasteiger partial charge in [0.25, 0.3) is 0 Å². The molecular formula is C12H15N. The summed E-state index contributed by atoms with van der Waals surface area (Å²) in [6.45, 7) is 6.43. The molecule has 0 aromatic heterocycles. The van der Waals surface area contributed by atoms with E-state index in [2.05, 4.69) is 37.1 Å². The van der Waals surface area contributed by atoms with Crippen molar-refractivity contribution in [2.75, 3.05) is 0 Å². The maximum absolute atomic E-state index is 4.55. The molecule has 1 aliphatic heterocycles. The van der Waals surface area contributed by atoms with E-state index >= 15 is 0 Å². The average molecular weight is 173 g/mol. The van der Waals surface area contributed by atoms with Crippen molar-refractivity contribution in [2.24, 2.45) is 10.9 Å². The molecule has 2 aliphatic rings. The highest BCUT2D eigenvalue weighted by molar-refractivity contribution is 5.94. The number of hydrogen-bond acceptors (Lipinski definition) is 1. The van der Waals surface area contributed by atoms with Gasteiger partial charge in [-0.2, -0.15) is 0 Å². The summed E-state index contributed by atoms with van der Waals surface area (Å²) in [5.41, 5.74) is 5.24. The second-order valence-corrected chi connectivity index (χ2v) is 3.96. The average Bonchev–Trinajstić information content (AvgIpc) is 2.08. The van der Waals surface area contributed by atoms with Crippen LogP contribution in [-0.2, 0) is 0 Å². The molecule has 0 spiro atoms. The van der Waals surface area contributed by atoms with Crippen molar-refractivity contribution in [3.63, 3.8) is 0 Å². The first-order valence-electron chi connectivity index (χ1n) is 4.78. The molecule has 13 heavy (non-hydrogen) atoms. The molecule has 1 unspecified atom stereocenters. The summed E-state index contributed by atoms with van der Waals surface area (Å²) in [6.07, 6.45) is 7.75. The Bertz CT molecular complexity index is 353. The third-order valence-electron chi connectivity index (χ3n) is 2.82. The molecule has 0 radical (unpaired) electrons. The van der Waals surface area contributed by atoms with Crippen molar-refractivity contribution < 1.29 is 0 Å². The summed E-state index contributed by atoms with van der Waals surface area (Å²) < 4.78 is 0. The van der Waals surface area contributed by atoms with Gasteiger partial charge in [-0.15, -0.1) is 0 Å². The van der Waals surface area contributed by atoms with Gasteiger partial charge in [0.15, 0.2) is 0 Å². The van der Waals surface area contributed by atoms with Crippen molar-refractivity contribution in [1.29, 1.82) is 0 Å². The van der Waals surface area contributed by atoms with E-state index in [1.165, 1.54) is 16.8 Å².